The third kappa shape index (κ3) is 5.75. The molecule has 0 aromatic rings. The van der Waals surface area contributed by atoms with Crippen LogP contribution in [0.25, 0.3) is 0 Å². The number of allylic oxidation sites excluding steroid dienone is 2. The first-order valence-corrected chi connectivity index (χ1v) is 9.75. The number of aldehydes is 1. The van der Waals surface area contributed by atoms with Gasteiger partial charge in [-0.15, -0.1) is 0 Å². The van der Waals surface area contributed by atoms with Gasteiger partial charge < -0.3 is 9.53 Å². The summed E-state index contributed by atoms with van der Waals surface area (Å²) >= 11 is 0. The highest BCUT2D eigenvalue weighted by molar-refractivity contribution is 5.71. The van der Waals surface area contributed by atoms with E-state index in [1.165, 1.54) is 32.1 Å². The number of carbonyl (C=O) groups excluding carboxylic acids is 2. The zero-order chi connectivity index (χ0) is 17.6. The van der Waals surface area contributed by atoms with E-state index in [2.05, 4.69) is 26.8 Å². The molecule has 0 radical (unpaired) electrons. The molecule has 2 fully saturated rings. The van der Waals surface area contributed by atoms with Crippen LogP contribution in [0.1, 0.15) is 85.0 Å². The summed E-state index contributed by atoms with van der Waals surface area (Å²) in [6.07, 6.45) is 14.4. The summed E-state index contributed by atoms with van der Waals surface area (Å²) in [6, 6.07) is 0. The van der Waals surface area contributed by atoms with Gasteiger partial charge in [-0.3, -0.25) is 4.79 Å². The van der Waals surface area contributed by atoms with Crippen LogP contribution < -0.4 is 0 Å². The predicted octanol–water partition coefficient (Wildman–Crippen LogP) is 5.23. The lowest BCUT2D eigenvalue weighted by molar-refractivity contribution is -0.142. The Kier molecular flexibility index (Phi) is 7.06. The maximum atomic E-state index is 10.9. The van der Waals surface area contributed by atoms with Crippen molar-refractivity contribution in [2.24, 2.45) is 17.3 Å². The van der Waals surface area contributed by atoms with Crippen LogP contribution in [0.4, 0.5) is 0 Å². The first kappa shape index (κ1) is 19.2. The smallest absolute Gasteiger partial charge is 0.306 e. The molecule has 1 heterocycles. The van der Waals surface area contributed by atoms with Crippen molar-refractivity contribution in [2.45, 2.75) is 91.1 Å². The monoisotopic (exact) mass is 334 g/mol. The molecule has 3 heteroatoms. The van der Waals surface area contributed by atoms with Gasteiger partial charge in [0.05, 0.1) is 0 Å². The number of cyclic esters (lactones) is 1. The Hall–Kier alpha value is -1.12. The molecule has 1 aliphatic heterocycles. The van der Waals surface area contributed by atoms with E-state index in [9.17, 15) is 9.59 Å². The van der Waals surface area contributed by atoms with Gasteiger partial charge >= 0.3 is 5.97 Å². The summed E-state index contributed by atoms with van der Waals surface area (Å²) in [4.78, 5) is 21.0. The van der Waals surface area contributed by atoms with E-state index in [0.29, 0.717) is 11.8 Å². The van der Waals surface area contributed by atoms with Crippen molar-refractivity contribution in [3.05, 3.63) is 11.6 Å². The SMILES string of the molecule is CCCC(C)(C)CC1CCC(=O)O1.O=CCCC1=CCC2CC1C2. The number of hydrogen-bond donors (Lipinski definition) is 0. The van der Waals surface area contributed by atoms with E-state index in [0.717, 1.165) is 43.8 Å². The molecule has 0 aromatic heterocycles. The molecule has 3 nitrogen and oxygen atoms in total. The summed E-state index contributed by atoms with van der Waals surface area (Å²) in [5, 5.41) is 0. The Morgan fingerprint density at radius 3 is 2.58 bits per heavy atom. The Morgan fingerprint density at radius 2 is 2.08 bits per heavy atom. The molecule has 0 aromatic carbocycles. The number of ether oxygens (including phenoxy) is 1. The average molecular weight is 335 g/mol. The number of esters is 1. The normalized spacial score (nSPS) is 28.2. The maximum Gasteiger partial charge on any atom is 0.306 e. The van der Waals surface area contributed by atoms with Crippen LogP contribution in [0, 0.1) is 17.3 Å². The lowest BCUT2D eigenvalue weighted by Crippen LogP contribution is -2.28. The number of carbonyl (C=O) groups is 2. The van der Waals surface area contributed by atoms with Crippen molar-refractivity contribution in [2.75, 3.05) is 0 Å². The first-order valence-electron chi connectivity index (χ1n) is 9.75. The molecule has 136 valence electrons. The molecule has 0 amide bonds. The Morgan fingerprint density at radius 1 is 1.33 bits per heavy atom. The highest BCUT2D eigenvalue weighted by Gasteiger charge is 2.34. The second kappa shape index (κ2) is 8.82. The van der Waals surface area contributed by atoms with Crippen LogP contribution in [0.5, 0.6) is 0 Å². The standard InChI is InChI=1S/C11H20O2.C10H14O/c1-4-7-11(2,3)8-9-5-6-10(12)13-9;11-5-1-2-9-4-3-8-6-10(9)7-8/h9H,4-8H2,1-3H3;4-5,8,10H,1-3,6-7H2. The zero-order valence-electron chi connectivity index (χ0n) is 15.7. The highest BCUT2D eigenvalue weighted by Crippen LogP contribution is 2.46. The molecule has 2 bridgehead atoms. The minimum Gasteiger partial charge on any atom is -0.462 e. The summed E-state index contributed by atoms with van der Waals surface area (Å²) in [5.41, 5.74) is 1.89. The number of hydrogen-bond acceptors (Lipinski definition) is 3. The third-order valence-electron chi connectivity index (χ3n) is 5.70. The summed E-state index contributed by atoms with van der Waals surface area (Å²) in [6.45, 7) is 6.70. The fourth-order valence-corrected chi connectivity index (χ4v) is 4.37. The van der Waals surface area contributed by atoms with Crippen molar-refractivity contribution in [1.29, 1.82) is 0 Å². The van der Waals surface area contributed by atoms with Gasteiger partial charge in [-0.05, 0) is 62.2 Å². The van der Waals surface area contributed by atoms with E-state index >= 15 is 0 Å². The van der Waals surface area contributed by atoms with Crippen LogP contribution in [0.3, 0.4) is 0 Å². The van der Waals surface area contributed by atoms with Crippen LogP contribution in [-0.2, 0) is 14.3 Å². The molecule has 4 aliphatic rings. The van der Waals surface area contributed by atoms with Crippen molar-refractivity contribution < 1.29 is 14.3 Å². The molecule has 1 saturated heterocycles. The molecule has 24 heavy (non-hydrogen) atoms. The molecule has 4 rings (SSSR count). The van der Waals surface area contributed by atoms with Crippen molar-refractivity contribution in [3.8, 4) is 0 Å². The molecule has 0 N–H and O–H groups in total. The number of fused-ring (bicyclic) bond motifs is 1. The Bertz CT molecular complexity index is 458. The quantitative estimate of drug-likeness (QED) is 0.364. The van der Waals surface area contributed by atoms with E-state index < -0.39 is 0 Å². The van der Waals surface area contributed by atoms with Gasteiger partial charge in [-0.25, -0.2) is 0 Å². The van der Waals surface area contributed by atoms with Gasteiger partial charge in [0.25, 0.3) is 0 Å². The Labute approximate surface area is 147 Å². The maximum absolute atomic E-state index is 10.9. The van der Waals surface area contributed by atoms with Gasteiger partial charge in [-0.2, -0.15) is 0 Å². The largest absolute Gasteiger partial charge is 0.462 e. The van der Waals surface area contributed by atoms with Gasteiger partial charge in [0.2, 0.25) is 0 Å². The molecule has 3 aliphatic carbocycles. The van der Waals surface area contributed by atoms with Crippen LogP contribution >= 0.6 is 0 Å². The average Bonchev–Trinajstić information content (AvgIpc) is 2.89. The predicted molar refractivity (Wildman–Crippen MR) is 96.6 cm³/mol. The highest BCUT2D eigenvalue weighted by atomic mass is 16.5. The van der Waals surface area contributed by atoms with Crippen molar-refractivity contribution >= 4 is 12.3 Å². The molecular formula is C21H34O3. The number of rotatable bonds is 7. The van der Waals surface area contributed by atoms with Crippen LogP contribution in [0.2, 0.25) is 0 Å². The van der Waals surface area contributed by atoms with E-state index in [1.54, 1.807) is 5.57 Å². The van der Waals surface area contributed by atoms with Crippen LogP contribution in [-0.4, -0.2) is 18.4 Å². The summed E-state index contributed by atoms with van der Waals surface area (Å²) in [7, 11) is 0. The van der Waals surface area contributed by atoms with Gasteiger partial charge in [0, 0.05) is 12.8 Å². The van der Waals surface area contributed by atoms with Crippen molar-refractivity contribution in [1.82, 2.24) is 0 Å². The minimum atomic E-state index is -0.0164. The van der Waals surface area contributed by atoms with E-state index in [-0.39, 0.29) is 12.1 Å². The molecule has 1 saturated carbocycles. The fraction of sp³-hybridized carbons (Fsp3) is 0.810. The molecule has 1 atom stereocenters. The third-order valence-corrected chi connectivity index (χ3v) is 5.70. The summed E-state index contributed by atoms with van der Waals surface area (Å²) in [5.74, 6) is 1.85. The first-order chi connectivity index (χ1) is 11.4. The fourth-order valence-electron chi connectivity index (χ4n) is 4.37. The lowest BCUT2D eigenvalue weighted by atomic mass is 9.64. The molecule has 1 unspecified atom stereocenters. The molecule has 0 spiro atoms. The minimum absolute atomic E-state index is 0.0164. The van der Waals surface area contributed by atoms with E-state index in [4.69, 9.17) is 4.74 Å². The Balaban J connectivity index is 0.000000175. The second-order valence-corrected chi connectivity index (χ2v) is 8.52. The van der Waals surface area contributed by atoms with E-state index in [1.807, 2.05) is 0 Å². The topological polar surface area (TPSA) is 43.4 Å². The zero-order valence-corrected chi connectivity index (χ0v) is 15.7. The van der Waals surface area contributed by atoms with Gasteiger partial charge in [0.15, 0.2) is 0 Å². The van der Waals surface area contributed by atoms with Gasteiger partial charge in [-0.1, -0.05) is 38.8 Å². The lowest BCUT2D eigenvalue weighted by Gasteiger charge is -2.41. The molecular weight excluding hydrogens is 300 g/mol. The summed E-state index contributed by atoms with van der Waals surface area (Å²) < 4.78 is 5.20. The van der Waals surface area contributed by atoms with Gasteiger partial charge in [0.1, 0.15) is 12.4 Å². The van der Waals surface area contributed by atoms with Crippen molar-refractivity contribution in [3.63, 3.8) is 0 Å². The second-order valence-electron chi connectivity index (χ2n) is 8.52. The van der Waals surface area contributed by atoms with Crippen LogP contribution in [0.15, 0.2) is 11.6 Å².